The Morgan fingerprint density at radius 1 is 1.33 bits per heavy atom. The van der Waals surface area contributed by atoms with Crippen molar-refractivity contribution in [3.63, 3.8) is 0 Å². The quantitative estimate of drug-likeness (QED) is 0.637. The van der Waals surface area contributed by atoms with Crippen LogP contribution in [0.15, 0.2) is 0 Å². The van der Waals surface area contributed by atoms with E-state index >= 15 is 0 Å². The molecule has 0 bridgehead atoms. The highest BCUT2D eigenvalue weighted by atomic mass is 16.3. The highest BCUT2D eigenvalue weighted by molar-refractivity contribution is 5.00. The van der Waals surface area contributed by atoms with Crippen LogP contribution in [-0.2, 0) is 0 Å². The number of rotatable bonds is 4. The maximum Gasteiger partial charge on any atom is 0.0604 e. The van der Waals surface area contributed by atoms with Crippen molar-refractivity contribution in [3.05, 3.63) is 0 Å². The van der Waals surface area contributed by atoms with Crippen molar-refractivity contribution in [2.45, 2.75) is 33.2 Å². The van der Waals surface area contributed by atoms with Gasteiger partial charge >= 0.3 is 0 Å². The Kier molecular flexibility index (Phi) is 6.84. The highest BCUT2D eigenvalue weighted by Crippen LogP contribution is 1.95. The first kappa shape index (κ1) is 11.5. The zero-order chi connectivity index (χ0) is 9.40. The van der Waals surface area contributed by atoms with Gasteiger partial charge in [-0.2, -0.15) is 0 Å². The number of hydrogen-bond acceptors (Lipinski definition) is 2. The third-order valence-electron chi connectivity index (χ3n) is 1.70. The predicted octanol–water partition coefficient (Wildman–Crippen LogP) is 1.10. The molecule has 0 aromatic rings. The van der Waals surface area contributed by atoms with Gasteiger partial charge in [0.15, 0.2) is 0 Å². The lowest BCUT2D eigenvalue weighted by atomic mass is 10.3. The Labute approximate surface area is 75.6 Å². The van der Waals surface area contributed by atoms with Gasteiger partial charge in [0.1, 0.15) is 0 Å². The summed E-state index contributed by atoms with van der Waals surface area (Å²) < 4.78 is 0. The molecule has 0 rings (SSSR count). The molecule has 0 aromatic carbocycles. The van der Waals surface area contributed by atoms with Crippen molar-refractivity contribution in [1.29, 1.82) is 0 Å². The molecule has 0 radical (unpaired) electrons. The largest absolute Gasteiger partial charge is 0.395 e. The first-order valence-electron chi connectivity index (χ1n) is 4.53. The van der Waals surface area contributed by atoms with Crippen molar-refractivity contribution in [1.82, 2.24) is 4.90 Å². The van der Waals surface area contributed by atoms with Crippen LogP contribution < -0.4 is 0 Å². The molecule has 2 nitrogen and oxygen atoms in total. The number of aliphatic hydroxyl groups excluding tert-OH is 1. The Morgan fingerprint density at radius 2 is 2.00 bits per heavy atom. The normalized spacial score (nSPS) is 10.2. The number of aliphatic hydroxyl groups is 1. The summed E-state index contributed by atoms with van der Waals surface area (Å²) in [7, 11) is 0. The zero-order valence-electron chi connectivity index (χ0n) is 8.30. The first-order chi connectivity index (χ1) is 5.72. The minimum Gasteiger partial charge on any atom is -0.395 e. The molecule has 0 spiro atoms. The standard InChI is InChI=1S/C10H19NO/c1-4-5-6-7-11(8-9-12)10(2)3/h10,12H,4,7-9H2,1-3H3. The van der Waals surface area contributed by atoms with Gasteiger partial charge < -0.3 is 5.11 Å². The van der Waals surface area contributed by atoms with Crippen molar-refractivity contribution in [2.24, 2.45) is 0 Å². The lowest BCUT2D eigenvalue weighted by Gasteiger charge is -2.22. The summed E-state index contributed by atoms with van der Waals surface area (Å²) >= 11 is 0. The Morgan fingerprint density at radius 3 is 2.42 bits per heavy atom. The fourth-order valence-corrected chi connectivity index (χ4v) is 0.931. The molecule has 0 unspecified atom stereocenters. The third-order valence-corrected chi connectivity index (χ3v) is 1.70. The second-order valence-electron chi connectivity index (χ2n) is 2.99. The van der Waals surface area contributed by atoms with E-state index in [0.29, 0.717) is 6.04 Å². The Hall–Kier alpha value is -0.520. The van der Waals surface area contributed by atoms with E-state index in [1.165, 1.54) is 0 Å². The molecule has 70 valence electrons. The van der Waals surface area contributed by atoms with E-state index in [0.717, 1.165) is 19.5 Å². The van der Waals surface area contributed by atoms with Crippen LogP contribution >= 0.6 is 0 Å². The van der Waals surface area contributed by atoms with E-state index in [1.807, 2.05) is 6.92 Å². The smallest absolute Gasteiger partial charge is 0.0604 e. The third kappa shape index (κ3) is 5.17. The Bertz CT molecular complexity index is 155. The maximum atomic E-state index is 8.75. The van der Waals surface area contributed by atoms with E-state index in [1.54, 1.807) is 0 Å². The maximum absolute atomic E-state index is 8.75. The first-order valence-corrected chi connectivity index (χ1v) is 4.53. The van der Waals surface area contributed by atoms with Crippen LogP contribution in [0.25, 0.3) is 0 Å². The minimum atomic E-state index is 0.214. The summed E-state index contributed by atoms with van der Waals surface area (Å²) in [4.78, 5) is 2.16. The molecule has 0 aliphatic rings. The van der Waals surface area contributed by atoms with E-state index in [2.05, 4.69) is 30.6 Å². The van der Waals surface area contributed by atoms with Crippen LogP contribution in [0, 0.1) is 11.8 Å². The van der Waals surface area contributed by atoms with Crippen molar-refractivity contribution >= 4 is 0 Å². The van der Waals surface area contributed by atoms with Crippen LogP contribution in [0.2, 0.25) is 0 Å². The van der Waals surface area contributed by atoms with Gasteiger partial charge in [-0.25, -0.2) is 0 Å². The van der Waals surface area contributed by atoms with Crippen molar-refractivity contribution in [2.75, 3.05) is 19.7 Å². The average Bonchev–Trinajstić information content (AvgIpc) is 2.03. The zero-order valence-corrected chi connectivity index (χ0v) is 8.30. The monoisotopic (exact) mass is 169 g/mol. The molecule has 1 N–H and O–H groups in total. The van der Waals surface area contributed by atoms with E-state index in [4.69, 9.17) is 5.11 Å². The topological polar surface area (TPSA) is 23.5 Å². The molecule has 2 heteroatoms. The molecule has 0 amide bonds. The summed E-state index contributed by atoms with van der Waals surface area (Å²) in [5.41, 5.74) is 0. The van der Waals surface area contributed by atoms with Gasteiger partial charge in [-0.1, -0.05) is 12.8 Å². The fraction of sp³-hybridized carbons (Fsp3) is 0.800. The predicted molar refractivity (Wildman–Crippen MR) is 51.9 cm³/mol. The van der Waals surface area contributed by atoms with Crippen LogP contribution in [0.3, 0.4) is 0 Å². The molecule has 0 aliphatic carbocycles. The minimum absolute atomic E-state index is 0.214. The van der Waals surface area contributed by atoms with Gasteiger partial charge in [-0.05, 0) is 13.8 Å². The van der Waals surface area contributed by atoms with Gasteiger partial charge in [0.2, 0.25) is 0 Å². The van der Waals surface area contributed by atoms with Crippen LogP contribution in [0.5, 0.6) is 0 Å². The van der Waals surface area contributed by atoms with Crippen LogP contribution in [0.1, 0.15) is 27.2 Å². The second-order valence-corrected chi connectivity index (χ2v) is 2.99. The summed E-state index contributed by atoms with van der Waals surface area (Å²) in [6, 6.07) is 0.461. The molecule has 0 aromatic heterocycles. The number of hydrogen-bond donors (Lipinski definition) is 1. The van der Waals surface area contributed by atoms with E-state index < -0.39 is 0 Å². The Balaban J connectivity index is 3.78. The lowest BCUT2D eigenvalue weighted by Crippen LogP contribution is -2.33. The molecule has 12 heavy (non-hydrogen) atoms. The molecular weight excluding hydrogens is 150 g/mol. The van der Waals surface area contributed by atoms with Crippen LogP contribution in [0.4, 0.5) is 0 Å². The van der Waals surface area contributed by atoms with Gasteiger partial charge in [-0.3, -0.25) is 4.90 Å². The van der Waals surface area contributed by atoms with E-state index in [9.17, 15) is 0 Å². The van der Waals surface area contributed by atoms with Gasteiger partial charge in [0.25, 0.3) is 0 Å². The highest BCUT2D eigenvalue weighted by Gasteiger charge is 2.05. The number of nitrogens with zero attached hydrogens (tertiary/aromatic N) is 1. The summed E-state index contributed by atoms with van der Waals surface area (Å²) in [6.45, 7) is 7.97. The van der Waals surface area contributed by atoms with Gasteiger partial charge in [0.05, 0.1) is 13.2 Å². The summed E-state index contributed by atoms with van der Waals surface area (Å²) in [5.74, 6) is 6.08. The molecule has 0 atom stereocenters. The van der Waals surface area contributed by atoms with E-state index in [-0.39, 0.29) is 6.61 Å². The van der Waals surface area contributed by atoms with Crippen molar-refractivity contribution < 1.29 is 5.11 Å². The molecule has 0 fully saturated rings. The van der Waals surface area contributed by atoms with Crippen molar-refractivity contribution in [3.8, 4) is 11.8 Å². The molecule has 0 saturated carbocycles. The molecule has 0 saturated heterocycles. The molecule has 0 aliphatic heterocycles. The fourth-order valence-electron chi connectivity index (χ4n) is 0.931. The van der Waals surface area contributed by atoms with Gasteiger partial charge in [-0.15, -0.1) is 5.92 Å². The molecule has 0 heterocycles. The van der Waals surface area contributed by atoms with Gasteiger partial charge in [0, 0.05) is 19.0 Å². The average molecular weight is 169 g/mol. The SMILES string of the molecule is CCC#CCN(CCO)C(C)C. The summed E-state index contributed by atoms with van der Waals surface area (Å²) in [6.07, 6.45) is 0.908. The molecular formula is C10H19NO. The second kappa shape index (κ2) is 7.15. The lowest BCUT2D eigenvalue weighted by molar-refractivity contribution is 0.182. The summed E-state index contributed by atoms with van der Waals surface area (Å²) in [5, 5.41) is 8.75. The van der Waals surface area contributed by atoms with Crippen LogP contribution in [-0.4, -0.2) is 35.7 Å².